The van der Waals surface area contributed by atoms with Crippen LogP contribution >= 0.6 is 12.4 Å². The predicted molar refractivity (Wildman–Crippen MR) is 73.7 cm³/mol. The smallest absolute Gasteiger partial charge is 0.256 e. The van der Waals surface area contributed by atoms with E-state index in [1.165, 1.54) is 0 Å². The van der Waals surface area contributed by atoms with E-state index in [2.05, 4.69) is 0 Å². The predicted octanol–water partition coefficient (Wildman–Crippen LogP) is 2.20. The van der Waals surface area contributed by atoms with Gasteiger partial charge in [-0.1, -0.05) is 0 Å². The number of nitrogens with two attached hydrogens (primary N) is 1. The van der Waals surface area contributed by atoms with Crippen LogP contribution in [0.3, 0.4) is 0 Å². The molecule has 2 aliphatic rings. The molecular weight excluding hydrogens is 286 g/mol. The van der Waals surface area contributed by atoms with Crippen LogP contribution in [-0.2, 0) is 0 Å². The summed E-state index contributed by atoms with van der Waals surface area (Å²) in [6, 6.07) is 3.10. The number of carbonyl (C=O) groups excluding carboxylic acids is 1. The molecule has 1 aliphatic carbocycles. The normalized spacial score (nSPS) is 28.1. The van der Waals surface area contributed by atoms with Gasteiger partial charge in [0, 0.05) is 19.1 Å². The fourth-order valence-corrected chi connectivity index (χ4v) is 3.31. The lowest BCUT2D eigenvalue weighted by Crippen LogP contribution is -2.33. The van der Waals surface area contributed by atoms with Crippen molar-refractivity contribution in [1.29, 1.82) is 0 Å². The van der Waals surface area contributed by atoms with Crippen molar-refractivity contribution in [2.45, 2.75) is 18.9 Å². The standard InChI is InChI=1S/C14H16F2N2O.ClH/c15-9-2-3-12(16)10(5-9)14(19)18-6-8-1-4-13(17)11(8)7-18;/h2-3,5,8,11,13H,1,4,6-7,17H2;1H. The molecule has 2 N–H and O–H groups in total. The van der Waals surface area contributed by atoms with Crippen LogP contribution in [0.5, 0.6) is 0 Å². The molecule has 2 fully saturated rings. The van der Waals surface area contributed by atoms with E-state index in [0.29, 0.717) is 24.9 Å². The van der Waals surface area contributed by atoms with Crippen LogP contribution in [0.2, 0.25) is 0 Å². The van der Waals surface area contributed by atoms with Crippen molar-refractivity contribution in [2.24, 2.45) is 17.6 Å². The van der Waals surface area contributed by atoms with Gasteiger partial charge in [-0.15, -0.1) is 12.4 Å². The molecule has 1 heterocycles. The van der Waals surface area contributed by atoms with E-state index in [4.69, 9.17) is 5.73 Å². The minimum atomic E-state index is -0.673. The zero-order chi connectivity index (χ0) is 13.6. The molecule has 1 saturated heterocycles. The number of carbonyl (C=O) groups is 1. The number of amides is 1. The van der Waals surface area contributed by atoms with Crippen LogP contribution in [0.15, 0.2) is 18.2 Å². The zero-order valence-corrected chi connectivity index (χ0v) is 11.7. The lowest BCUT2D eigenvalue weighted by molar-refractivity contribution is 0.0774. The number of hydrogen-bond acceptors (Lipinski definition) is 2. The Kier molecular flexibility index (Phi) is 4.30. The Hall–Kier alpha value is -1.20. The monoisotopic (exact) mass is 302 g/mol. The fourth-order valence-electron chi connectivity index (χ4n) is 3.31. The first-order valence-corrected chi connectivity index (χ1v) is 6.56. The number of likely N-dealkylation sites (tertiary alicyclic amines) is 1. The Morgan fingerprint density at radius 2 is 2.00 bits per heavy atom. The summed E-state index contributed by atoms with van der Waals surface area (Å²) in [4.78, 5) is 13.8. The van der Waals surface area contributed by atoms with Crippen molar-refractivity contribution in [1.82, 2.24) is 4.90 Å². The Balaban J connectivity index is 0.00000147. The molecule has 3 rings (SSSR count). The van der Waals surface area contributed by atoms with E-state index in [9.17, 15) is 13.6 Å². The molecule has 0 radical (unpaired) electrons. The Labute approximate surface area is 122 Å². The highest BCUT2D eigenvalue weighted by molar-refractivity contribution is 5.94. The van der Waals surface area contributed by atoms with Gasteiger partial charge >= 0.3 is 0 Å². The third-order valence-corrected chi connectivity index (χ3v) is 4.36. The second kappa shape index (κ2) is 5.66. The topological polar surface area (TPSA) is 46.3 Å². The first-order valence-electron chi connectivity index (χ1n) is 6.56. The van der Waals surface area contributed by atoms with Crippen LogP contribution in [-0.4, -0.2) is 29.9 Å². The molecule has 3 unspecified atom stereocenters. The minimum Gasteiger partial charge on any atom is -0.338 e. The van der Waals surface area contributed by atoms with Crippen LogP contribution in [0.25, 0.3) is 0 Å². The van der Waals surface area contributed by atoms with E-state index in [0.717, 1.165) is 31.0 Å². The number of halogens is 3. The quantitative estimate of drug-likeness (QED) is 0.864. The lowest BCUT2D eigenvalue weighted by Gasteiger charge is -2.19. The maximum Gasteiger partial charge on any atom is 0.256 e. The lowest BCUT2D eigenvalue weighted by atomic mass is 9.98. The number of hydrogen-bond donors (Lipinski definition) is 1. The third-order valence-electron chi connectivity index (χ3n) is 4.36. The second-order valence-corrected chi connectivity index (χ2v) is 5.50. The van der Waals surface area contributed by atoms with Crippen LogP contribution in [0, 0.1) is 23.5 Å². The highest BCUT2D eigenvalue weighted by atomic mass is 35.5. The summed E-state index contributed by atoms with van der Waals surface area (Å²) in [6.45, 7) is 1.16. The van der Waals surface area contributed by atoms with Crippen molar-refractivity contribution in [3.05, 3.63) is 35.4 Å². The summed E-state index contributed by atoms with van der Waals surface area (Å²) in [6.07, 6.45) is 2.01. The fraction of sp³-hybridized carbons (Fsp3) is 0.500. The molecule has 3 atom stereocenters. The number of nitrogens with zero attached hydrogens (tertiary/aromatic N) is 1. The highest BCUT2D eigenvalue weighted by Crippen LogP contribution is 2.37. The Morgan fingerprint density at radius 1 is 1.25 bits per heavy atom. The van der Waals surface area contributed by atoms with Gasteiger partial charge in [-0.2, -0.15) is 0 Å². The van der Waals surface area contributed by atoms with E-state index >= 15 is 0 Å². The molecule has 0 bridgehead atoms. The van der Waals surface area contributed by atoms with E-state index in [1.807, 2.05) is 0 Å². The van der Waals surface area contributed by atoms with E-state index in [1.54, 1.807) is 4.90 Å². The summed E-state index contributed by atoms with van der Waals surface area (Å²) in [7, 11) is 0. The van der Waals surface area contributed by atoms with Gasteiger partial charge in [-0.25, -0.2) is 8.78 Å². The largest absolute Gasteiger partial charge is 0.338 e. The summed E-state index contributed by atoms with van der Waals surface area (Å²) >= 11 is 0. The molecule has 20 heavy (non-hydrogen) atoms. The summed E-state index contributed by atoms with van der Waals surface area (Å²) in [5.41, 5.74) is 5.82. The van der Waals surface area contributed by atoms with Gasteiger partial charge in [0.05, 0.1) is 5.56 Å². The van der Waals surface area contributed by atoms with Crippen molar-refractivity contribution < 1.29 is 13.6 Å². The van der Waals surface area contributed by atoms with Gasteiger partial charge < -0.3 is 10.6 Å². The molecular formula is C14H17ClF2N2O. The first kappa shape index (κ1) is 15.2. The average molecular weight is 303 g/mol. The van der Waals surface area contributed by atoms with Crippen molar-refractivity contribution in [3.63, 3.8) is 0 Å². The number of rotatable bonds is 1. The maximum atomic E-state index is 13.6. The van der Waals surface area contributed by atoms with Gasteiger partial charge in [-0.3, -0.25) is 4.79 Å². The van der Waals surface area contributed by atoms with Crippen molar-refractivity contribution in [3.8, 4) is 0 Å². The average Bonchev–Trinajstić information content (AvgIpc) is 2.94. The molecule has 0 spiro atoms. The maximum absolute atomic E-state index is 13.6. The van der Waals surface area contributed by atoms with E-state index < -0.39 is 17.5 Å². The molecule has 110 valence electrons. The summed E-state index contributed by atoms with van der Waals surface area (Å²) < 4.78 is 26.7. The molecule has 0 aromatic heterocycles. The zero-order valence-electron chi connectivity index (χ0n) is 10.9. The summed E-state index contributed by atoms with van der Waals surface area (Å²) in [5.74, 6) is -0.983. The number of fused-ring (bicyclic) bond motifs is 1. The van der Waals surface area contributed by atoms with Gasteiger partial charge in [0.1, 0.15) is 11.6 Å². The molecule has 3 nitrogen and oxygen atoms in total. The van der Waals surface area contributed by atoms with Crippen LogP contribution < -0.4 is 5.73 Å². The molecule has 1 aromatic carbocycles. The Bertz CT molecular complexity index is 526. The van der Waals surface area contributed by atoms with Gasteiger partial charge in [0.2, 0.25) is 0 Å². The van der Waals surface area contributed by atoms with Gasteiger partial charge in [0.15, 0.2) is 0 Å². The number of benzene rings is 1. The first-order chi connectivity index (χ1) is 9.06. The van der Waals surface area contributed by atoms with Crippen molar-refractivity contribution >= 4 is 18.3 Å². The van der Waals surface area contributed by atoms with Crippen LogP contribution in [0.1, 0.15) is 23.2 Å². The molecule has 1 aromatic rings. The van der Waals surface area contributed by atoms with Gasteiger partial charge in [-0.05, 0) is 42.9 Å². The van der Waals surface area contributed by atoms with Crippen molar-refractivity contribution in [2.75, 3.05) is 13.1 Å². The second-order valence-electron chi connectivity index (χ2n) is 5.50. The summed E-state index contributed by atoms with van der Waals surface area (Å²) in [5, 5.41) is 0. The SMILES string of the molecule is Cl.NC1CCC2CN(C(=O)c3cc(F)ccc3F)CC12. The molecule has 1 saturated carbocycles. The van der Waals surface area contributed by atoms with Crippen LogP contribution in [0.4, 0.5) is 8.78 Å². The third kappa shape index (κ3) is 2.52. The van der Waals surface area contributed by atoms with E-state index in [-0.39, 0.29) is 24.0 Å². The molecule has 6 heteroatoms. The minimum absolute atomic E-state index is 0. The Morgan fingerprint density at radius 3 is 2.70 bits per heavy atom. The molecule has 1 amide bonds. The van der Waals surface area contributed by atoms with Gasteiger partial charge in [0.25, 0.3) is 5.91 Å². The highest BCUT2D eigenvalue weighted by Gasteiger charge is 2.42. The molecule has 1 aliphatic heterocycles.